The van der Waals surface area contributed by atoms with Gasteiger partial charge in [0.2, 0.25) is 5.91 Å². The van der Waals surface area contributed by atoms with Crippen molar-refractivity contribution in [3.05, 3.63) is 22.7 Å². The Hall–Kier alpha value is -1.17. The molecule has 4 nitrogen and oxygen atoms in total. The van der Waals surface area contributed by atoms with Crippen molar-refractivity contribution in [2.75, 3.05) is 5.32 Å². The van der Waals surface area contributed by atoms with Crippen molar-refractivity contribution in [2.24, 2.45) is 11.1 Å². The number of benzene rings is 1. The highest BCUT2D eigenvalue weighted by atomic mass is 35.5. The van der Waals surface area contributed by atoms with Gasteiger partial charge >= 0.3 is 0 Å². The van der Waals surface area contributed by atoms with Gasteiger partial charge in [-0.15, -0.1) is 11.3 Å². The number of nitrogens with two attached hydrogens (primary N) is 1. The summed E-state index contributed by atoms with van der Waals surface area (Å²) in [7, 11) is 0. The van der Waals surface area contributed by atoms with E-state index in [2.05, 4.69) is 10.3 Å². The summed E-state index contributed by atoms with van der Waals surface area (Å²) in [5.41, 5.74) is 8.58. The summed E-state index contributed by atoms with van der Waals surface area (Å²) in [6, 6.07) is 3.02. The van der Waals surface area contributed by atoms with E-state index in [-0.39, 0.29) is 11.3 Å². The smallest absolute Gasteiger partial charge is 0.241 e. The zero-order valence-electron chi connectivity index (χ0n) is 11.0. The summed E-state index contributed by atoms with van der Waals surface area (Å²) >= 11 is 7.63. The molecule has 0 radical (unpaired) electrons. The number of amides is 1. The summed E-state index contributed by atoms with van der Waals surface area (Å²) in [5, 5.41) is 3.26. The van der Waals surface area contributed by atoms with Crippen LogP contribution < -0.4 is 11.1 Å². The number of nitrogens with one attached hydrogen (secondary N) is 1. The second-order valence-corrected chi connectivity index (χ2v) is 6.75. The monoisotopic (exact) mass is 297 g/mol. The number of rotatable bonds is 2. The molecule has 2 aromatic rings. The summed E-state index contributed by atoms with van der Waals surface area (Å²) in [5.74, 6) is -0.255. The van der Waals surface area contributed by atoms with Gasteiger partial charge in [0, 0.05) is 0 Å². The van der Waals surface area contributed by atoms with Crippen LogP contribution >= 0.6 is 22.9 Å². The van der Waals surface area contributed by atoms with Gasteiger partial charge in [-0.2, -0.15) is 0 Å². The molecule has 1 aromatic carbocycles. The third-order valence-electron chi connectivity index (χ3n) is 2.92. The molecule has 0 aliphatic heterocycles. The molecular weight excluding hydrogens is 282 g/mol. The van der Waals surface area contributed by atoms with Crippen LogP contribution in [0.15, 0.2) is 17.6 Å². The van der Waals surface area contributed by atoms with Crippen molar-refractivity contribution in [2.45, 2.75) is 26.8 Å². The molecule has 102 valence electrons. The molecule has 6 heteroatoms. The van der Waals surface area contributed by atoms with Gasteiger partial charge in [0.15, 0.2) is 0 Å². The Morgan fingerprint density at radius 2 is 2.16 bits per heavy atom. The fraction of sp³-hybridized carbons (Fsp3) is 0.385. The Morgan fingerprint density at radius 3 is 2.79 bits per heavy atom. The number of thiazole rings is 1. The van der Waals surface area contributed by atoms with Gasteiger partial charge in [-0.05, 0) is 17.5 Å². The average Bonchev–Trinajstić information content (AvgIpc) is 2.78. The van der Waals surface area contributed by atoms with E-state index in [9.17, 15) is 4.79 Å². The molecule has 0 aliphatic carbocycles. The number of carbonyl (C=O) groups excluding carboxylic acids is 1. The molecule has 0 saturated carbocycles. The van der Waals surface area contributed by atoms with E-state index in [0.717, 1.165) is 4.70 Å². The van der Waals surface area contributed by atoms with Gasteiger partial charge in [0.25, 0.3) is 0 Å². The third kappa shape index (κ3) is 2.88. The molecule has 0 spiro atoms. The lowest BCUT2D eigenvalue weighted by Crippen LogP contribution is -2.45. The van der Waals surface area contributed by atoms with E-state index < -0.39 is 6.04 Å². The summed E-state index contributed by atoms with van der Waals surface area (Å²) < 4.78 is 0.976. The van der Waals surface area contributed by atoms with Gasteiger partial charge < -0.3 is 11.1 Å². The average molecular weight is 298 g/mol. The molecule has 19 heavy (non-hydrogen) atoms. The minimum Gasteiger partial charge on any atom is -0.322 e. The summed E-state index contributed by atoms with van der Waals surface area (Å²) in [4.78, 5) is 16.4. The van der Waals surface area contributed by atoms with Gasteiger partial charge in [-0.1, -0.05) is 32.4 Å². The Bertz CT molecular complexity index is 618. The molecule has 0 bridgehead atoms. The van der Waals surface area contributed by atoms with E-state index in [1.54, 1.807) is 11.6 Å². The maximum absolute atomic E-state index is 12.2. The molecule has 1 amide bonds. The van der Waals surface area contributed by atoms with E-state index in [1.807, 2.05) is 26.8 Å². The topological polar surface area (TPSA) is 68.0 Å². The number of nitrogens with zero attached hydrogens (tertiary/aromatic N) is 1. The van der Waals surface area contributed by atoms with Crippen LogP contribution in [0.5, 0.6) is 0 Å². The van der Waals surface area contributed by atoms with Gasteiger partial charge in [0.1, 0.15) is 5.52 Å². The molecule has 0 aliphatic rings. The zero-order valence-corrected chi connectivity index (χ0v) is 12.6. The fourth-order valence-corrected chi connectivity index (χ4v) is 2.50. The lowest BCUT2D eigenvalue weighted by molar-refractivity contribution is -0.119. The molecule has 3 N–H and O–H groups in total. The third-order valence-corrected chi connectivity index (χ3v) is 4.02. The first-order valence-electron chi connectivity index (χ1n) is 5.89. The molecule has 0 fully saturated rings. The first-order chi connectivity index (χ1) is 8.80. The summed E-state index contributed by atoms with van der Waals surface area (Å²) in [6.45, 7) is 5.76. The minimum absolute atomic E-state index is 0.255. The second-order valence-electron chi connectivity index (χ2n) is 5.45. The van der Waals surface area contributed by atoms with Gasteiger partial charge in [-0.25, -0.2) is 4.98 Å². The van der Waals surface area contributed by atoms with Crippen LogP contribution in [0.4, 0.5) is 5.69 Å². The van der Waals surface area contributed by atoms with Crippen LogP contribution in [0, 0.1) is 5.41 Å². The standard InChI is InChI=1S/C13H16ClN3OS/c1-13(2,3)11(15)12(18)17-9-7(14)4-5-8-10(9)16-6-19-8/h4-6,11H,15H2,1-3H3,(H,17,18)/t11-/m0/s1. The van der Waals surface area contributed by atoms with Gasteiger partial charge in [0.05, 0.1) is 27.0 Å². The number of carbonyl (C=O) groups is 1. The summed E-state index contributed by atoms with van der Waals surface area (Å²) in [6.07, 6.45) is 0. The van der Waals surface area contributed by atoms with Crippen molar-refractivity contribution >= 4 is 44.7 Å². The zero-order chi connectivity index (χ0) is 14.2. The highest BCUT2D eigenvalue weighted by Crippen LogP contribution is 2.32. The van der Waals surface area contributed by atoms with Crippen molar-refractivity contribution in [1.29, 1.82) is 0 Å². The number of anilines is 1. The molecule has 0 unspecified atom stereocenters. The molecule has 0 saturated heterocycles. The molecular formula is C13H16ClN3OS. The van der Waals surface area contributed by atoms with E-state index in [0.29, 0.717) is 16.2 Å². The number of fused-ring (bicyclic) bond motifs is 1. The van der Waals surface area contributed by atoms with Crippen LogP contribution in [-0.2, 0) is 4.79 Å². The fourth-order valence-electron chi connectivity index (χ4n) is 1.62. The SMILES string of the molecule is CC(C)(C)[C@@H](N)C(=O)Nc1c(Cl)ccc2scnc12. The molecule has 1 atom stereocenters. The van der Waals surface area contributed by atoms with Crippen molar-refractivity contribution in [3.8, 4) is 0 Å². The van der Waals surface area contributed by atoms with E-state index in [1.165, 1.54) is 11.3 Å². The first-order valence-corrected chi connectivity index (χ1v) is 7.14. The quantitative estimate of drug-likeness (QED) is 0.894. The highest BCUT2D eigenvalue weighted by molar-refractivity contribution is 7.16. The predicted octanol–water partition coefficient (Wildman–Crippen LogP) is 3.26. The molecule has 2 rings (SSSR count). The van der Waals surface area contributed by atoms with Crippen molar-refractivity contribution in [3.63, 3.8) is 0 Å². The van der Waals surface area contributed by atoms with Crippen LogP contribution in [-0.4, -0.2) is 16.9 Å². The molecule has 1 heterocycles. The minimum atomic E-state index is -0.613. The Balaban J connectivity index is 2.33. The first kappa shape index (κ1) is 14.2. The largest absolute Gasteiger partial charge is 0.322 e. The Morgan fingerprint density at radius 1 is 1.47 bits per heavy atom. The van der Waals surface area contributed by atoms with E-state index in [4.69, 9.17) is 17.3 Å². The number of hydrogen-bond acceptors (Lipinski definition) is 4. The van der Waals surface area contributed by atoms with Crippen LogP contribution in [0.3, 0.4) is 0 Å². The second kappa shape index (κ2) is 5.07. The van der Waals surface area contributed by atoms with Crippen molar-refractivity contribution in [1.82, 2.24) is 4.98 Å². The maximum Gasteiger partial charge on any atom is 0.241 e. The van der Waals surface area contributed by atoms with Crippen LogP contribution in [0.2, 0.25) is 5.02 Å². The normalized spacial score (nSPS) is 13.5. The highest BCUT2D eigenvalue weighted by Gasteiger charge is 2.28. The number of aromatic nitrogens is 1. The lowest BCUT2D eigenvalue weighted by atomic mass is 9.87. The lowest BCUT2D eigenvalue weighted by Gasteiger charge is -2.26. The van der Waals surface area contributed by atoms with E-state index >= 15 is 0 Å². The Kier molecular flexibility index (Phi) is 3.80. The Labute approximate surface area is 121 Å². The van der Waals surface area contributed by atoms with Crippen molar-refractivity contribution < 1.29 is 4.79 Å². The predicted molar refractivity (Wildman–Crippen MR) is 80.7 cm³/mol. The number of halogens is 1. The van der Waals surface area contributed by atoms with Crippen LogP contribution in [0.25, 0.3) is 10.2 Å². The molecule has 1 aromatic heterocycles. The van der Waals surface area contributed by atoms with Crippen LogP contribution in [0.1, 0.15) is 20.8 Å². The maximum atomic E-state index is 12.2. The number of hydrogen-bond donors (Lipinski definition) is 2. The van der Waals surface area contributed by atoms with Gasteiger partial charge in [-0.3, -0.25) is 4.79 Å².